The van der Waals surface area contributed by atoms with Crippen LogP contribution in [0, 0.1) is 31.3 Å². The molecule has 1 unspecified atom stereocenters. The van der Waals surface area contributed by atoms with Gasteiger partial charge in [0.2, 0.25) is 0 Å². The van der Waals surface area contributed by atoms with Crippen molar-refractivity contribution in [3.05, 3.63) is 52.6 Å². The highest BCUT2D eigenvalue weighted by Crippen LogP contribution is 2.27. The van der Waals surface area contributed by atoms with Crippen LogP contribution in [0.25, 0.3) is 5.69 Å². The maximum Gasteiger partial charge on any atom is 0.182 e. The summed E-state index contributed by atoms with van der Waals surface area (Å²) in [5.41, 5.74) is 0.692. The first kappa shape index (κ1) is 15.6. The summed E-state index contributed by atoms with van der Waals surface area (Å²) in [5.74, 6) is -3.40. The molecule has 0 aliphatic heterocycles. The molecule has 1 heterocycles. The Morgan fingerprint density at radius 2 is 1.67 bits per heavy atom. The molecule has 2 nitrogen and oxygen atoms in total. The SMILES string of the molecule is Cc1cc(C(=O)C(C)Cl)c(C)n1-c1c(F)cc(F)cc1F. The van der Waals surface area contributed by atoms with Crippen LogP contribution in [0.3, 0.4) is 0 Å². The molecule has 0 saturated carbocycles. The molecule has 0 aliphatic carbocycles. The Morgan fingerprint density at radius 3 is 2.14 bits per heavy atom. The molecule has 0 fully saturated rings. The zero-order valence-corrected chi connectivity index (χ0v) is 12.4. The number of alkyl halides is 1. The highest BCUT2D eigenvalue weighted by atomic mass is 35.5. The minimum Gasteiger partial charge on any atom is -0.313 e. The Balaban J connectivity index is 2.70. The first-order chi connectivity index (χ1) is 9.73. The molecule has 0 saturated heterocycles. The summed E-state index contributed by atoms with van der Waals surface area (Å²) in [7, 11) is 0. The van der Waals surface area contributed by atoms with Crippen molar-refractivity contribution in [3.8, 4) is 5.69 Å². The Kier molecular flexibility index (Phi) is 4.14. The number of Topliss-reactive ketones (excluding diaryl/α,β-unsaturated/α-hetero) is 1. The van der Waals surface area contributed by atoms with E-state index in [-0.39, 0.29) is 11.3 Å². The number of benzene rings is 1. The van der Waals surface area contributed by atoms with Crippen LogP contribution in [-0.2, 0) is 0 Å². The second-order valence-electron chi connectivity index (χ2n) is 4.82. The van der Waals surface area contributed by atoms with Crippen molar-refractivity contribution in [2.24, 2.45) is 0 Å². The number of rotatable bonds is 3. The van der Waals surface area contributed by atoms with E-state index >= 15 is 0 Å². The fraction of sp³-hybridized carbons (Fsp3) is 0.267. The summed E-state index contributed by atoms with van der Waals surface area (Å²) < 4.78 is 42.1. The maximum absolute atomic E-state index is 13.9. The van der Waals surface area contributed by atoms with Crippen molar-refractivity contribution >= 4 is 17.4 Å². The molecule has 2 rings (SSSR count). The van der Waals surface area contributed by atoms with Crippen LogP contribution in [0.5, 0.6) is 0 Å². The number of carbonyl (C=O) groups is 1. The van der Waals surface area contributed by atoms with E-state index in [0.717, 1.165) is 0 Å². The summed E-state index contributed by atoms with van der Waals surface area (Å²) in [5, 5.41) is -0.748. The summed E-state index contributed by atoms with van der Waals surface area (Å²) >= 11 is 5.77. The Morgan fingerprint density at radius 1 is 1.14 bits per heavy atom. The molecule has 1 atom stereocenters. The van der Waals surface area contributed by atoms with E-state index < -0.39 is 28.5 Å². The third kappa shape index (κ3) is 2.70. The normalized spacial score (nSPS) is 12.5. The van der Waals surface area contributed by atoms with Crippen LogP contribution in [-0.4, -0.2) is 15.7 Å². The van der Waals surface area contributed by atoms with Gasteiger partial charge in [0.05, 0.1) is 5.38 Å². The average Bonchev–Trinajstić information content (AvgIpc) is 2.64. The van der Waals surface area contributed by atoms with E-state index in [2.05, 4.69) is 0 Å². The predicted octanol–water partition coefficient (Wildman–Crippen LogP) is 4.32. The molecule has 1 aromatic carbocycles. The van der Waals surface area contributed by atoms with Crippen LogP contribution in [0.2, 0.25) is 0 Å². The quantitative estimate of drug-likeness (QED) is 0.610. The number of aryl methyl sites for hydroxylation is 1. The molecule has 2 aromatic rings. The van der Waals surface area contributed by atoms with Gasteiger partial charge >= 0.3 is 0 Å². The van der Waals surface area contributed by atoms with Gasteiger partial charge in [0, 0.05) is 29.1 Å². The van der Waals surface area contributed by atoms with Gasteiger partial charge in [-0.1, -0.05) is 0 Å². The number of carbonyl (C=O) groups excluding carboxylic acids is 1. The molecular formula is C15H13ClF3NO. The first-order valence-corrected chi connectivity index (χ1v) is 6.69. The van der Waals surface area contributed by atoms with E-state index in [9.17, 15) is 18.0 Å². The minimum absolute atomic E-state index is 0.290. The molecule has 0 aliphatic rings. The zero-order valence-electron chi connectivity index (χ0n) is 11.7. The molecule has 0 radical (unpaired) electrons. The van der Waals surface area contributed by atoms with E-state index in [0.29, 0.717) is 23.5 Å². The standard InChI is InChI=1S/C15H13ClF3NO/c1-7-4-11(15(21)8(2)16)9(3)20(7)14-12(18)5-10(17)6-13(14)19/h4-6,8H,1-3H3. The molecule has 112 valence electrons. The van der Waals surface area contributed by atoms with Gasteiger partial charge in [-0.15, -0.1) is 11.6 Å². The van der Waals surface area contributed by atoms with Crippen LogP contribution in [0.1, 0.15) is 28.7 Å². The van der Waals surface area contributed by atoms with Crippen molar-refractivity contribution in [2.75, 3.05) is 0 Å². The second kappa shape index (κ2) is 5.56. The Hall–Kier alpha value is -1.75. The summed E-state index contributed by atoms with van der Waals surface area (Å²) in [6.07, 6.45) is 0. The third-order valence-corrected chi connectivity index (χ3v) is 3.46. The monoisotopic (exact) mass is 315 g/mol. The van der Waals surface area contributed by atoms with Gasteiger partial charge < -0.3 is 4.57 Å². The van der Waals surface area contributed by atoms with E-state index in [1.165, 1.54) is 17.6 Å². The lowest BCUT2D eigenvalue weighted by Gasteiger charge is -2.12. The highest BCUT2D eigenvalue weighted by molar-refractivity contribution is 6.33. The smallest absolute Gasteiger partial charge is 0.182 e. The van der Waals surface area contributed by atoms with Crippen LogP contribution >= 0.6 is 11.6 Å². The minimum atomic E-state index is -1.03. The van der Waals surface area contributed by atoms with Crippen molar-refractivity contribution in [1.82, 2.24) is 4.57 Å². The van der Waals surface area contributed by atoms with Gasteiger partial charge in [0.25, 0.3) is 0 Å². The highest BCUT2D eigenvalue weighted by Gasteiger charge is 2.23. The lowest BCUT2D eigenvalue weighted by Crippen LogP contribution is -2.12. The molecule has 0 bridgehead atoms. The number of hydrogen-bond donors (Lipinski definition) is 0. The van der Waals surface area contributed by atoms with Crippen molar-refractivity contribution < 1.29 is 18.0 Å². The summed E-state index contributed by atoms with van der Waals surface area (Å²) in [4.78, 5) is 12.0. The lowest BCUT2D eigenvalue weighted by molar-refractivity contribution is 0.0991. The molecule has 0 N–H and O–H groups in total. The van der Waals surface area contributed by atoms with Gasteiger partial charge in [-0.3, -0.25) is 4.79 Å². The molecule has 6 heteroatoms. The van der Waals surface area contributed by atoms with Crippen LogP contribution in [0.4, 0.5) is 13.2 Å². The van der Waals surface area contributed by atoms with Gasteiger partial charge in [-0.05, 0) is 26.8 Å². The fourth-order valence-electron chi connectivity index (χ4n) is 2.32. The third-order valence-electron chi connectivity index (χ3n) is 3.26. The summed E-state index contributed by atoms with van der Waals surface area (Å²) in [6.45, 7) is 4.68. The Labute approximate surface area is 125 Å². The molecular weight excluding hydrogens is 303 g/mol. The first-order valence-electron chi connectivity index (χ1n) is 6.26. The van der Waals surface area contributed by atoms with E-state index in [4.69, 9.17) is 11.6 Å². The average molecular weight is 316 g/mol. The molecule has 1 aromatic heterocycles. The zero-order chi connectivity index (χ0) is 15.9. The lowest BCUT2D eigenvalue weighted by atomic mass is 10.1. The van der Waals surface area contributed by atoms with E-state index in [1.807, 2.05) is 0 Å². The van der Waals surface area contributed by atoms with Gasteiger partial charge in [-0.25, -0.2) is 13.2 Å². The van der Waals surface area contributed by atoms with Crippen LogP contribution in [0.15, 0.2) is 18.2 Å². The van der Waals surface area contributed by atoms with Crippen LogP contribution < -0.4 is 0 Å². The Bertz CT molecular complexity index is 699. The van der Waals surface area contributed by atoms with Gasteiger partial charge in [0.1, 0.15) is 11.5 Å². The molecule has 0 amide bonds. The topological polar surface area (TPSA) is 22.0 Å². The van der Waals surface area contributed by atoms with Crippen molar-refractivity contribution in [2.45, 2.75) is 26.1 Å². The number of aromatic nitrogens is 1. The maximum atomic E-state index is 13.9. The van der Waals surface area contributed by atoms with Crippen molar-refractivity contribution in [1.29, 1.82) is 0 Å². The fourth-order valence-corrected chi connectivity index (χ4v) is 2.44. The number of halogens is 4. The largest absolute Gasteiger partial charge is 0.313 e. The number of hydrogen-bond acceptors (Lipinski definition) is 1. The second-order valence-corrected chi connectivity index (χ2v) is 5.47. The number of ketones is 1. The molecule has 21 heavy (non-hydrogen) atoms. The predicted molar refractivity (Wildman–Crippen MR) is 74.8 cm³/mol. The molecule has 0 spiro atoms. The number of nitrogens with zero attached hydrogens (tertiary/aromatic N) is 1. The van der Waals surface area contributed by atoms with E-state index in [1.54, 1.807) is 13.8 Å². The van der Waals surface area contributed by atoms with Gasteiger partial charge in [-0.2, -0.15) is 0 Å². The van der Waals surface area contributed by atoms with Crippen molar-refractivity contribution in [3.63, 3.8) is 0 Å². The van der Waals surface area contributed by atoms with Gasteiger partial charge in [0.15, 0.2) is 17.4 Å². The summed E-state index contributed by atoms with van der Waals surface area (Å²) in [6, 6.07) is 2.71.